The number of benzene rings is 1. The van der Waals surface area contributed by atoms with Crippen LogP contribution in [0.3, 0.4) is 0 Å². The second kappa shape index (κ2) is 7.14. The van der Waals surface area contributed by atoms with Gasteiger partial charge >= 0.3 is 0 Å². The van der Waals surface area contributed by atoms with Crippen LogP contribution in [0.4, 0.5) is 4.39 Å². The first-order chi connectivity index (χ1) is 12.2. The summed E-state index contributed by atoms with van der Waals surface area (Å²) in [4.78, 5) is 16.6. The zero-order valence-corrected chi connectivity index (χ0v) is 14.2. The zero-order chi connectivity index (χ0) is 17.2. The minimum atomic E-state index is -0.951. The maximum Gasteiger partial charge on any atom is 0.240 e. The van der Waals surface area contributed by atoms with Crippen molar-refractivity contribution < 1.29 is 18.7 Å². The predicted octanol–water partition coefficient (Wildman–Crippen LogP) is 1.73. The second-order valence-electron chi connectivity index (χ2n) is 6.84. The van der Waals surface area contributed by atoms with Crippen LogP contribution in [0.5, 0.6) is 5.75 Å². The number of morpholine rings is 1. The van der Waals surface area contributed by atoms with Crippen LogP contribution in [0, 0.1) is 0 Å². The topological polar surface area (TPSA) is 42.0 Å². The number of hydrogen-bond donors (Lipinski definition) is 0. The highest BCUT2D eigenvalue weighted by atomic mass is 19.1. The van der Waals surface area contributed by atoms with Crippen LogP contribution in [0.15, 0.2) is 29.8 Å². The molecule has 3 aliphatic heterocycles. The number of fused-ring (bicyclic) bond motifs is 1. The molecule has 2 atom stereocenters. The average molecular weight is 346 g/mol. The Kier molecular flexibility index (Phi) is 4.72. The van der Waals surface area contributed by atoms with Gasteiger partial charge in [0.15, 0.2) is 0 Å². The molecule has 0 radical (unpaired) electrons. The van der Waals surface area contributed by atoms with Crippen molar-refractivity contribution >= 4 is 12.0 Å². The molecule has 0 bridgehead atoms. The molecule has 4 rings (SSSR count). The molecule has 25 heavy (non-hydrogen) atoms. The lowest BCUT2D eigenvalue weighted by Crippen LogP contribution is -2.50. The van der Waals surface area contributed by atoms with E-state index in [1.54, 1.807) is 4.90 Å². The largest absolute Gasteiger partial charge is 0.489 e. The Bertz CT molecular complexity index is 672. The van der Waals surface area contributed by atoms with Crippen molar-refractivity contribution in [2.45, 2.75) is 18.6 Å². The van der Waals surface area contributed by atoms with E-state index in [1.807, 2.05) is 29.2 Å². The number of rotatable bonds is 3. The zero-order valence-electron chi connectivity index (χ0n) is 14.2. The summed E-state index contributed by atoms with van der Waals surface area (Å²) >= 11 is 0. The summed E-state index contributed by atoms with van der Waals surface area (Å²) in [6.45, 7) is 3.68. The molecule has 6 heteroatoms. The third-order valence-electron chi connectivity index (χ3n) is 5.06. The third-order valence-corrected chi connectivity index (χ3v) is 5.06. The molecule has 0 saturated carbocycles. The van der Waals surface area contributed by atoms with Gasteiger partial charge in [0, 0.05) is 38.2 Å². The molecule has 5 nitrogen and oxygen atoms in total. The van der Waals surface area contributed by atoms with Crippen molar-refractivity contribution in [2.75, 3.05) is 46.0 Å². The Morgan fingerprint density at radius 2 is 2.04 bits per heavy atom. The smallest absolute Gasteiger partial charge is 0.240 e. The van der Waals surface area contributed by atoms with Crippen molar-refractivity contribution in [3.05, 3.63) is 35.4 Å². The average Bonchev–Trinajstić information content (AvgIpc) is 3.02. The van der Waals surface area contributed by atoms with Gasteiger partial charge in [0.25, 0.3) is 0 Å². The summed E-state index contributed by atoms with van der Waals surface area (Å²) in [7, 11) is 0. The predicted molar refractivity (Wildman–Crippen MR) is 92.2 cm³/mol. The highest BCUT2D eigenvalue weighted by Crippen LogP contribution is 2.29. The van der Waals surface area contributed by atoms with Crippen molar-refractivity contribution in [1.82, 2.24) is 9.80 Å². The highest BCUT2D eigenvalue weighted by Gasteiger charge is 2.39. The summed E-state index contributed by atoms with van der Waals surface area (Å²) in [5.74, 6) is 0.901. The Labute approximate surface area is 147 Å². The summed E-state index contributed by atoms with van der Waals surface area (Å²) < 4.78 is 25.1. The molecule has 0 N–H and O–H groups in total. The monoisotopic (exact) mass is 346 g/mol. The molecule has 0 spiro atoms. The number of nitrogens with zero attached hydrogens (tertiary/aromatic N) is 2. The molecule has 1 aromatic rings. The Hall–Kier alpha value is -1.92. The fraction of sp³-hybridized carbons (Fsp3) is 0.526. The Balaban J connectivity index is 1.47. The first kappa shape index (κ1) is 16.5. The van der Waals surface area contributed by atoms with E-state index < -0.39 is 6.17 Å². The standard InChI is InChI=1S/C19H23FN2O3/c20-16-10-17(19(23)21-5-7-24-8-6-21)22(12-16)11-14-9-15-3-1-2-4-18(15)25-13-14/h1-4,9,16-17H,5-8,10-13H2/t16-,17+/m1/s1. The lowest BCUT2D eigenvalue weighted by atomic mass is 10.1. The molecule has 2 fully saturated rings. The van der Waals surface area contributed by atoms with Gasteiger partial charge in [-0.15, -0.1) is 0 Å². The van der Waals surface area contributed by atoms with Gasteiger partial charge < -0.3 is 14.4 Å². The molecule has 134 valence electrons. The van der Waals surface area contributed by atoms with Crippen LogP contribution >= 0.6 is 0 Å². The lowest BCUT2D eigenvalue weighted by Gasteiger charge is -2.33. The minimum absolute atomic E-state index is 0.0289. The fourth-order valence-corrected chi connectivity index (χ4v) is 3.79. The van der Waals surface area contributed by atoms with Crippen molar-refractivity contribution in [3.63, 3.8) is 0 Å². The normalized spacial score (nSPS) is 26.8. The summed E-state index contributed by atoms with van der Waals surface area (Å²) in [5, 5.41) is 0. The molecule has 1 aromatic carbocycles. The number of halogens is 1. The van der Waals surface area contributed by atoms with Gasteiger partial charge in [-0.1, -0.05) is 18.2 Å². The number of hydrogen-bond acceptors (Lipinski definition) is 4. The number of carbonyl (C=O) groups is 1. The quantitative estimate of drug-likeness (QED) is 0.836. The summed E-state index contributed by atoms with van der Waals surface area (Å²) in [5.41, 5.74) is 2.11. The van der Waals surface area contributed by atoms with Gasteiger partial charge in [-0.3, -0.25) is 9.69 Å². The number of carbonyl (C=O) groups excluding carboxylic acids is 1. The van der Waals surface area contributed by atoms with E-state index in [1.165, 1.54) is 0 Å². The van der Waals surface area contributed by atoms with Crippen LogP contribution < -0.4 is 4.74 Å². The van der Waals surface area contributed by atoms with Crippen molar-refractivity contribution in [2.24, 2.45) is 0 Å². The van der Waals surface area contributed by atoms with E-state index in [-0.39, 0.29) is 18.4 Å². The molecule has 0 aliphatic carbocycles. The molecule has 1 amide bonds. The van der Waals surface area contributed by atoms with Gasteiger partial charge in [-0.05, 0) is 17.7 Å². The number of ether oxygens (including phenoxy) is 2. The SMILES string of the molecule is O=C([C@@H]1C[C@@H](F)CN1CC1=Cc2ccccc2OC1)N1CCOCC1. The number of amides is 1. The minimum Gasteiger partial charge on any atom is -0.489 e. The number of alkyl halides is 1. The van der Waals surface area contributed by atoms with Crippen LogP contribution in [0.25, 0.3) is 6.08 Å². The Morgan fingerprint density at radius 3 is 2.88 bits per heavy atom. The highest BCUT2D eigenvalue weighted by molar-refractivity contribution is 5.82. The van der Waals surface area contributed by atoms with Gasteiger partial charge in [-0.2, -0.15) is 0 Å². The van der Waals surface area contributed by atoms with Gasteiger partial charge in [0.05, 0.1) is 19.3 Å². The Morgan fingerprint density at radius 1 is 1.24 bits per heavy atom. The first-order valence-corrected chi connectivity index (χ1v) is 8.86. The van der Waals surface area contributed by atoms with Crippen LogP contribution in [0.2, 0.25) is 0 Å². The van der Waals surface area contributed by atoms with E-state index in [9.17, 15) is 9.18 Å². The maximum absolute atomic E-state index is 14.1. The second-order valence-corrected chi connectivity index (χ2v) is 6.84. The van der Waals surface area contributed by atoms with E-state index >= 15 is 0 Å². The number of para-hydroxylation sites is 1. The molecule has 3 heterocycles. The third kappa shape index (κ3) is 3.55. The van der Waals surface area contributed by atoms with Gasteiger partial charge in [-0.25, -0.2) is 4.39 Å². The van der Waals surface area contributed by atoms with Crippen LogP contribution in [-0.2, 0) is 9.53 Å². The molecular weight excluding hydrogens is 323 g/mol. The van der Waals surface area contributed by atoms with Crippen LogP contribution in [-0.4, -0.2) is 73.9 Å². The lowest BCUT2D eigenvalue weighted by molar-refractivity contribution is -0.140. The van der Waals surface area contributed by atoms with Crippen molar-refractivity contribution in [1.29, 1.82) is 0 Å². The van der Waals surface area contributed by atoms with E-state index in [0.717, 1.165) is 16.9 Å². The first-order valence-electron chi connectivity index (χ1n) is 8.86. The van der Waals surface area contributed by atoms with Crippen molar-refractivity contribution in [3.8, 4) is 5.75 Å². The molecule has 2 saturated heterocycles. The summed E-state index contributed by atoms with van der Waals surface area (Å²) in [6.07, 6.45) is 1.43. The molecule has 0 unspecified atom stereocenters. The van der Waals surface area contributed by atoms with E-state index in [4.69, 9.17) is 9.47 Å². The van der Waals surface area contributed by atoms with Crippen LogP contribution in [0.1, 0.15) is 12.0 Å². The van der Waals surface area contributed by atoms with E-state index in [2.05, 4.69) is 6.08 Å². The summed E-state index contributed by atoms with van der Waals surface area (Å²) in [6, 6.07) is 7.49. The number of likely N-dealkylation sites (tertiary alicyclic amines) is 1. The maximum atomic E-state index is 14.1. The molecular formula is C19H23FN2O3. The molecule has 3 aliphatic rings. The van der Waals surface area contributed by atoms with Gasteiger partial charge in [0.1, 0.15) is 18.5 Å². The fourth-order valence-electron chi connectivity index (χ4n) is 3.79. The van der Waals surface area contributed by atoms with E-state index in [0.29, 0.717) is 46.0 Å². The van der Waals surface area contributed by atoms with Gasteiger partial charge in [0.2, 0.25) is 5.91 Å². The molecule has 0 aromatic heterocycles.